The molecule has 1 heterocycles. The normalized spacial score (nSPS) is 13.8. The van der Waals surface area contributed by atoms with Gasteiger partial charge in [-0.3, -0.25) is 9.69 Å². The average Bonchev–Trinajstić information content (AvgIpc) is 3.70. The molecule has 5 aromatic rings. The Labute approximate surface area is 316 Å². The van der Waals surface area contributed by atoms with Crippen LogP contribution in [0.15, 0.2) is 102 Å². The van der Waals surface area contributed by atoms with Crippen LogP contribution in [-0.4, -0.2) is 70.6 Å². The lowest BCUT2D eigenvalue weighted by Crippen LogP contribution is -2.56. The first-order valence-electron chi connectivity index (χ1n) is 18.4. The van der Waals surface area contributed by atoms with Crippen LogP contribution in [0, 0.1) is 0 Å². The molecule has 6 rings (SSSR count). The fourth-order valence-corrected chi connectivity index (χ4v) is 8.30. The lowest BCUT2D eigenvalue weighted by Gasteiger charge is -2.39. The van der Waals surface area contributed by atoms with Crippen molar-refractivity contribution < 1.29 is 28.9 Å². The second-order valence-corrected chi connectivity index (χ2v) is 15.4. The Morgan fingerprint density at radius 2 is 1.40 bits per heavy atom. The minimum atomic E-state index is -1.15. The quantitative estimate of drug-likeness (QED) is 0.108. The topological polar surface area (TPSA) is 88.5 Å². The van der Waals surface area contributed by atoms with E-state index in [2.05, 4.69) is 41.8 Å². The van der Waals surface area contributed by atoms with E-state index in [1.807, 2.05) is 102 Å². The van der Waals surface area contributed by atoms with Gasteiger partial charge in [0, 0.05) is 43.3 Å². The molecule has 0 fully saturated rings. The number of benzene rings is 4. The molecule has 4 aromatic carbocycles. The van der Waals surface area contributed by atoms with Gasteiger partial charge in [-0.25, -0.2) is 4.79 Å². The van der Waals surface area contributed by atoms with E-state index in [0.29, 0.717) is 19.0 Å². The number of nitrogens with zero attached hydrogens (tertiary/aromatic N) is 2. The summed E-state index contributed by atoms with van der Waals surface area (Å²) in [6.45, 7) is 12.9. The van der Waals surface area contributed by atoms with Crippen molar-refractivity contribution in [2.45, 2.75) is 84.4 Å². The van der Waals surface area contributed by atoms with Gasteiger partial charge in [-0.05, 0) is 104 Å². The molecule has 0 saturated carbocycles. The Morgan fingerprint density at radius 1 is 0.811 bits per heavy atom. The number of rotatable bonds is 15. The van der Waals surface area contributed by atoms with Crippen molar-refractivity contribution in [3.05, 3.63) is 125 Å². The molecule has 278 valence electrons. The molecule has 0 unspecified atom stereocenters. The fourth-order valence-electron chi connectivity index (χ4n) is 7.35. The Balaban J connectivity index is 1.43. The van der Waals surface area contributed by atoms with Crippen molar-refractivity contribution in [1.82, 2.24) is 9.80 Å². The van der Waals surface area contributed by atoms with Gasteiger partial charge >= 0.3 is 6.09 Å². The molecule has 8 nitrogen and oxygen atoms in total. The summed E-state index contributed by atoms with van der Waals surface area (Å²) >= 11 is 1.63. The van der Waals surface area contributed by atoms with Gasteiger partial charge in [0.1, 0.15) is 17.4 Å². The molecule has 9 heteroatoms. The zero-order chi connectivity index (χ0) is 37.7. The number of amides is 2. The van der Waals surface area contributed by atoms with Crippen LogP contribution in [0.3, 0.4) is 0 Å². The maximum absolute atomic E-state index is 15.4. The van der Waals surface area contributed by atoms with Crippen LogP contribution < -0.4 is 4.74 Å². The van der Waals surface area contributed by atoms with Crippen molar-refractivity contribution in [1.29, 1.82) is 0 Å². The number of ether oxygens (including phenoxy) is 3. The Bertz CT molecular complexity index is 1970. The van der Waals surface area contributed by atoms with E-state index >= 15 is 4.79 Å². The molecule has 0 saturated heterocycles. The summed E-state index contributed by atoms with van der Waals surface area (Å²) in [5.41, 5.74) is 5.71. The highest BCUT2D eigenvalue weighted by Crippen LogP contribution is 2.45. The van der Waals surface area contributed by atoms with E-state index in [4.69, 9.17) is 14.2 Å². The summed E-state index contributed by atoms with van der Waals surface area (Å²) in [5, 5.41) is 14.2. The molecule has 1 aliphatic carbocycles. The summed E-state index contributed by atoms with van der Waals surface area (Å²) in [6.07, 6.45) is -1.70. The van der Waals surface area contributed by atoms with Gasteiger partial charge in [-0.15, -0.1) is 11.3 Å². The Hall–Kier alpha value is -4.70. The maximum Gasteiger partial charge on any atom is 0.408 e. The van der Waals surface area contributed by atoms with Crippen LogP contribution in [-0.2, 0) is 27.2 Å². The summed E-state index contributed by atoms with van der Waals surface area (Å²) < 4.78 is 19.3. The van der Waals surface area contributed by atoms with Gasteiger partial charge in [-0.2, -0.15) is 0 Å². The highest BCUT2D eigenvalue weighted by molar-refractivity contribution is 7.17. The van der Waals surface area contributed by atoms with E-state index in [-0.39, 0.29) is 36.9 Å². The largest absolute Gasteiger partial charge is 0.488 e. The first-order chi connectivity index (χ1) is 25.5. The van der Waals surface area contributed by atoms with Gasteiger partial charge in [0.25, 0.3) is 0 Å². The van der Waals surface area contributed by atoms with Crippen LogP contribution in [0.25, 0.3) is 21.2 Å². The number of hydrogen-bond acceptors (Lipinski definition) is 6. The number of thiophene rings is 1. The summed E-state index contributed by atoms with van der Waals surface area (Å²) in [7, 11) is 0. The second-order valence-electron chi connectivity index (χ2n) is 14.5. The van der Waals surface area contributed by atoms with Gasteiger partial charge in [0.15, 0.2) is 6.29 Å². The minimum absolute atomic E-state index is 0.106. The summed E-state index contributed by atoms with van der Waals surface area (Å²) in [4.78, 5) is 32.1. The molecule has 0 spiro atoms. The number of carboxylic acid groups (broad SMARTS) is 1. The second kappa shape index (κ2) is 16.5. The van der Waals surface area contributed by atoms with Crippen LogP contribution >= 0.6 is 11.3 Å². The lowest BCUT2D eigenvalue weighted by atomic mass is 9.94. The van der Waals surface area contributed by atoms with Crippen LogP contribution in [0.2, 0.25) is 0 Å². The molecule has 2 atom stereocenters. The van der Waals surface area contributed by atoms with Gasteiger partial charge in [-0.1, -0.05) is 78.9 Å². The van der Waals surface area contributed by atoms with E-state index in [9.17, 15) is 9.90 Å². The number of fused-ring (bicyclic) bond motifs is 4. The first-order valence-corrected chi connectivity index (χ1v) is 19.3. The van der Waals surface area contributed by atoms with Crippen LogP contribution in [0.4, 0.5) is 4.79 Å². The van der Waals surface area contributed by atoms with Gasteiger partial charge in [0.05, 0.1) is 6.04 Å². The molecule has 2 amide bonds. The van der Waals surface area contributed by atoms with Crippen molar-refractivity contribution in [2.24, 2.45) is 0 Å². The highest BCUT2D eigenvalue weighted by Gasteiger charge is 2.40. The van der Waals surface area contributed by atoms with Gasteiger partial charge < -0.3 is 24.2 Å². The zero-order valence-corrected chi connectivity index (χ0v) is 32.3. The highest BCUT2D eigenvalue weighted by atomic mass is 32.1. The van der Waals surface area contributed by atoms with E-state index < -0.39 is 24.5 Å². The number of carbonyl (C=O) groups is 2. The number of hydrogen-bond donors (Lipinski definition) is 1. The molecule has 53 heavy (non-hydrogen) atoms. The van der Waals surface area contributed by atoms with Crippen molar-refractivity contribution >= 4 is 33.4 Å². The SMILES string of the molecule is CCOC(OCC)[C@H](C)N(Cc1csc2ccccc12)C(=O)[C@H](Cc1ccc(OC(C)(C)C)cc1)N(CC1c2ccccc2-c2ccccc21)C(=O)O. The standard InChI is InChI=1S/C44H50N2O6S/c1-7-50-42(51-8-2)29(3)45(26-31-28-53-40-20-14-13-15-33(31)40)41(47)39(25-30-21-23-32(24-22-30)52-44(4,5)6)46(43(48)49)27-38-36-18-11-9-16-34(36)35-17-10-12-19-37(35)38/h9-24,28-29,38-39,42H,7-8,25-27H2,1-6H3,(H,48,49)/t29-,39-/m0/s1. The third kappa shape index (κ3) is 8.59. The molecular formula is C44H50N2O6S. The van der Waals surface area contributed by atoms with E-state index in [1.54, 1.807) is 16.2 Å². The van der Waals surface area contributed by atoms with Crippen LogP contribution in [0.1, 0.15) is 69.7 Å². The first kappa shape index (κ1) is 38.0. The smallest absolute Gasteiger partial charge is 0.408 e. The molecule has 0 aliphatic heterocycles. The average molecular weight is 735 g/mol. The maximum atomic E-state index is 15.4. The fraction of sp³-hybridized carbons (Fsp3) is 0.364. The Morgan fingerprint density at radius 3 is 1.98 bits per heavy atom. The van der Waals surface area contributed by atoms with E-state index in [1.165, 1.54) is 4.90 Å². The molecular weight excluding hydrogens is 685 g/mol. The van der Waals surface area contributed by atoms with Gasteiger partial charge in [0.2, 0.25) is 5.91 Å². The lowest BCUT2D eigenvalue weighted by molar-refractivity contribution is -0.180. The Kier molecular flexibility index (Phi) is 11.9. The van der Waals surface area contributed by atoms with Crippen molar-refractivity contribution in [3.8, 4) is 16.9 Å². The molecule has 1 aliphatic rings. The zero-order valence-electron chi connectivity index (χ0n) is 31.5. The molecule has 0 radical (unpaired) electrons. The van der Waals surface area contributed by atoms with Crippen molar-refractivity contribution in [3.63, 3.8) is 0 Å². The van der Waals surface area contributed by atoms with Crippen molar-refractivity contribution in [2.75, 3.05) is 19.8 Å². The predicted molar refractivity (Wildman–Crippen MR) is 212 cm³/mol. The monoisotopic (exact) mass is 734 g/mol. The summed E-state index contributed by atoms with van der Waals surface area (Å²) in [6, 6.07) is 30.4. The van der Waals surface area contributed by atoms with Crippen LogP contribution in [0.5, 0.6) is 5.75 Å². The molecule has 0 bridgehead atoms. The molecule has 1 aromatic heterocycles. The molecule has 1 N–H and O–H groups in total. The third-order valence-corrected chi connectivity index (χ3v) is 10.8. The minimum Gasteiger partial charge on any atom is -0.488 e. The predicted octanol–water partition coefficient (Wildman–Crippen LogP) is 9.60. The third-order valence-electron chi connectivity index (χ3n) is 9.76. The summed E-state index contributed by atoms with van der Waals surface area (Å²) in [5.74, 6) is 0.145. The van der Waals surface area contributed by atoms with E-state index in [0.717, 1.165) is 43.5 Å². The number of carbonyl (C=O) groups excluding carboxylic acids is 1.